The maximum absolute atomic E-state index is 13.5. The summed E-state index contributed by atoms with van der Waals surface area (Å²) in [5.41, 5.74) is 2.66. The number of rotatable bonds is 0. The lowest BCUT2D eigenvalue weighted by Gasteiger charge is -2.27. The van der Waals surface area contributed by atoms with Crippen molar-refractivity contribution in [1.29, 1.82) is 0 Å². The summed E-state index contributed by atoms with van der Waals surface area (Å²) < 4.78 is 13.5. The van der Waals surface area contributed by atoms with Crippen molar-refractivity contribution < 1.29 is 4.39 Å². The van der Waals surface area contributed by atoms with Crippen LogP contribution in [-0.4, -0.2) is 28.4 Å². The number of halogens is 2. The highest BCUT2D eigenvalue weighted by molar-refractivity contribution is 6.66. The van der Waals surface area contributed by atoms with Crippen LogP contribution in [0.2, 0.25) is 0 Å². The Kier molecular flexibility index (Phi) is 2.45. The third kappa shape index (κ3) is 1.62. The van der Waals surface area contributed by atoms with E-state index in [1.165, 1.54) is 11.1 Å². The third-order valence-corrected chi connectivity index (χ3v) is 3.08. The number of nitrogens with zero attached hydrogens (tertiary/aromatic N) is 4. The van der Waals surface area contributed by atoms with E-state index in [1.54, 1.807) is 13.0 Å². The molecular weight excluding hydrogens is 255 g/mol. The molecule has 2 heterocycles. The topological polar surface area (TPSA) is 40.3 Å². The average molecular weight is 265 g/mol. The zero-order valence-corrected chi connectivity index (χ0v) is 10.7. The Morgan fingerprint density at radius 1 is 1.33 bits per heavy atom. The number of aryl methyl sites for hydroxylation is 1. The van der Waals surface area contributed by atoms with Crippen LogP contribution >= 0.6 is 11.6 Å². The van der Waals surface area contributed by atoms with Gasteiger partial charge >= 0.3 is 0 Å². The van der Waals surface area contributed by atoms with Crippen LogP contribution in [-0.2, 0) is 0 Å². The second-order valence-corrected chi connectivity index (χ2v) is 4.62. The molecular formula is C12H10ClFN4. The van der Waals surface area contributed by atoms with Gasteiger partial charge < -0.3 is 0 Å². The van der Waals surface area contributed by atoms with Crippen molar-refractivity contribution in [3.05, 3.63) is 29.1 Å². The second kappa shape index (κ2) is 3.88. The molecule has 0 saturated carbocycles. The van der Waals surface area contributed by atoms with Gasteiger partial charge in [0.1, 0.15) is 5.82 Å². The van der Waals surface area contributed by atoms with Gasteiger partial charge in [-0.2, -0.15) is 10.1 Å². The van der Waals surface area contributed by atoms with E-state index in [2.05, 4.69) is 15.1 Å². The van der Waals surface area contributed by atoms with Crippen molar-refractivity contribution >= 4 is 34.1 Å². The van der Waals surface area contributed by atoms with Crippen molar-refractivity contribution in [2.75, 3.05) is 6.54 Å². The van der Waals surface area contributed by atoms with Crippen LogP contribution in [0, 0.1) is 12.7 Å². The molecule has 1 aromatic carbocycles. The van der Waals surface area contributed by atoms with Crippen LogP contribution < -0.4 is 0 Å². The highest BCUT2D eigenvalue weighted by Gasteiger charge is 2.28. The van der Waals surface area contributed by atoms with Gasteiger partial charge in [-0.3, -0.25) is 4.99 Å². The van der Waals surface area contributed by atoms with Crippen LogP contribution in [0.15, 0.2) is 27.2 Å². The third-order valence-electron chi connectivity index (χ3n) is 2.83. The fourth-order valence-electron chi connectivity index (χ4n) is 1.92. The highest BCUT2D eigenvalue weighted by atomic mass is 35.5. The molecule has 0 unspecified atom stereocenters. The number of fused-ring (bicyclic) bond motifs is 3. The van der Waals surface area contributed by atoms with Crippen molar-refractivity contribution in [2.45, 2.75) is 13.8 Å². The minimum Gasteiger partial charge on any atom is -0.260 e. The fourth-order valence-corrected chi connectivity index (χ4v) is 2.13. The van der Waals surface area contributed by atoms with Crippen molar-refractivity contribution in [3.8, 4) is 0 Å². The zero-order chi connectivity index (χ0) is 12.9. The van der Waals surface area contributed by atoms with Crippen molar-refractivity contribution in [2.24, 2.45) is 15.1 Å². The van der Waals surface area contributed by atoms with Gasteiger partial charge in [0.05, 0.1) is 17.9 Å². The van der Waals surface area contributed by atoms with E-state index < -0.39 is 0 Å². The molecule has 0 aliphatic carbocycles. The number of benzene rings is 1. The van der Waals surface area contributed by atoms with E-state index in [1.807, 2.05) is 6.92 Å². The fraction of sp³-hybridized carbons (Fsp3) is 0.250. The number of aliphatic imine (C=N–C) groups is 2. The number of hydrogen-bond acceptors (Lipinski definition) is 4. The van der Waals surface area contributed by atoms with Crippen LogP contribution in [0.25, 0.3) is 0 Å². The summed E-state index contributed by atoms with van der Waals surface area (Å²) in [7, 11) is 0. The monoisotopic (exact) mass is 264 g/mol. The van der Waals surface area contributed by atoms with E-state index in [0.29, 0.717) is 23.6 Å². The molecule has 0 amide bonds. The molecule has 3 rings (SSSR count). The van der Waals surface area contributed by atoms with Gasteiger partial charge in [-0.15, -0.1) is 0 Å². The number of hydrazone groups is 1. The van der Waals surface area contributed by atoms with E-state index in [4.69, 9.17) is 11.6 Å². The zero-order valence-electron chi connectivity index (χ0n) is 9.91. The first-order valence-electron chi connectivity index (χ1n) is 5.49. The van der Waals surface area contributed by atoms with Crippen LogP contribution in [0.5, 0.6) is 0 Å². The Morgan fingerprint density at radius 3 is 2.89 bits per heavy atom. The lowest BCUT2D eigenvalue weighted by Crippen LogP contribution is -2.37. The second-order valence-electron chi connectivity index (χ2n) is 4.29. The Bertz CT molecular complexity index is 633. The quantitative estimate of drug-likeness (QED) is 0.664. The van der Waals surface area contributed by atoms with Gasteiger partial charge in [0.2, 0.25) is 5.29 Å². The standard InChI is InChI=1S/C12H10ClFN4/c1-6-3-8-10(4-9(6)14)16-12(13)18-11(8)15-5-7(2)17-18/h3-4H,5H2,1-2H3. The lowest BCUT2D eigenvalue weighted by molar-refractivity contribution is 0.615. The lowest BCUT2D eigenvalue weighted by atomic mass is 10.1. The molecule has 0 aromatic heterocycles. The van der Waals surface area contributed by atoms with Crippen LogP contribution in [0.4, 0.5) is 10.1 Å². The molecule has 2 aliphatic rings. The SMILES string of the molecule is CC1=NN2C(Cl)=Nc3cc(F)c(C)cc3C2=NC1. The molecule has 0 spiro atoms. The smallest absolute Gasteiger partial charge is 0.226 e. The Labute approximate surface area is 108 Å². The predicted molar refractivity (Wildman–Crippen MR) is 70.4 cm³/mol. The molecule has 0 bridgehead atoms. The molecule has 0 radical (unpaired) electrons. The van der Waals surface area contributed by atoms with E-state index in [0.717, 1.165) is 11.3 Å². The molecule has 18 heavy (non-hydrogen) atoms. The molecule has 0 saturated heterocycles. The maximum atomic E-state index is 13.5. The molecule has 1 aromatic rings. The van der Waals surface area contributed by atoms with Crippen molar-refractivity contribution in [3.63, 3.8) is 0 Å². The first-order valence-corrected chi connectivity index (χ1v) is 5.87. The minimum atomic E-state index is -0.300. The Balaban J connectivity index is 2.22. The van der Waals surface area contributed by atoms with Gasteiger partial charge in [0.15, 0.2) is 5.84 Å². The first-order chi connectivity index (χ1) is 8.56. The average Bonchev–Trinajstić information content (AvgIpc) is 2.32. The van der Waals surface area contributed by atoms with Crippen molar-refractivity contribution in [1.82, 2.24) is 5.01 Å². The molecule has 2 aliphatic heterocycles. The summed E-state index contributed by atoms with van der Waals surface area (Å²) in [5, 5.41) is 5.97. The van der Waals surface area contributed by atoms with Crippen LogP contribution in [0.1, 0.15) is 18.1 Å². The van der Waals surface area contributed by atoms with Gasteiger partial charge in [0, 0.05) is 11.6 Å². The van der Waals surface area contributed by atoms with Gasteiger partial charge in [-0.1, -0.05) is 0 Å². The molecule has 4 nitrogen and oxygen atoms in total. The first kappa shape index (κ1) is 11.3. The summed E-state index contributed by atoms with van der Waals surface area (Å²) in [6.07, 6.45) is 0. The van der Waals surface area contributed by atoms with Gasteiger partial charge in [-0.25, -0.2) is 9.38 Å². The number of amidine groups is 2. The summed E-state index contributed by atoms with van der Waals surface area (Å²) in [6, 6.07) is 3.09. The van der Waals surface area contributed by atoms with E-state index >= 15 is 0 Å². The maximum Gasteiger partial charge on any atom is 0.226 e. The molecule has 92 valence electrons. The highest BCUT2D eigenvalue weighted by Crippen LogP contribution is 2.31. The summed E-state index contributed by atoms with van der Waals surface area (Å²) >= 11 is 6.04. The number of hydrogen-bond donors (Lipinski definition) is 0. The van der Waals surface area contributed by atoms with Gasteiger partial charge in [0.25, 0.3) is 0 Å². The Morgan fingerprint density at radius 2 is 2.11 bits per heavy atom. The molecule has 0 N–H and O–H groups in total. The summed E-state index contributed by atoms with van der Waals surface area (Å²) in [5.74, 6) is 0.324. The molecule has 0 atom stereocenters. The summed E-state index contributed by atoms with van der Waals surface area (Å²) in [6.45, 7) is 4.10. The van der Waals surface area contributed by atoms with E-state index in [-0.39, 0.29) is 11.1 Å². The molecule has 0 fully saturated rings. The molecule has 6 heteroatoms. The minimum absolute atomic E-state index is 0.184. The van der Waals surface area contributed by atoms with E-state index in [9.17, 15) is 4.39 Å². The summed E-state index contributed by atoms with van der Waals surface area (Å²) in [4.78, 5) is 8.57. The predicted octanol–water partition coefficient (Wildman–Crippen LogP) is 2.81. The normalized spacial score (nSPS) is 17.6. The van der Waals surface area contributed by atoms with Gasteiger partial charge in [-0.05, 0) is 37.1 Å². The largest absolute Gasteiger partial charge is 0.260 e. The van der Waals surface area contributed by atoms with Crippen LogP contribution in [0.3, 0.4) is 0 Å². The Hall–Kier alpha value is -1.75.